The van der Waals surface area contributed by atoms with Gasteiger partial charge in [-0.15, -0.1) is 0 Å². The van der Waals surface area contributed by atoms with Gasteiger partial charge in [-0.2, -0.15) is 0 Å². The molecule has 1 atom stereocenters. The number of piperidine rings is 1. The summed E-state index contributed by atoms with van der Waals surface area (Å²) in [6.45, 7) is 2.80. The van der Waals surface area contributed by atoms with Gasteiger partial charge in [-0.3, -0.25) is 4.79 Å². The molecule has 0 aliphatic carbocycles. The summed E-state index contributed by atoms with van der Waals surface area (Å²) in [6, 6.07) is 4.10. The molecule has 19 heavy (non-hydrogen) atoms. The summed E-state index contributed by atoms with van der Waals surface area (Å²) in [6.07, 6.45) is 3.42. The zero-order valence-corrected chi connectivity index (χ0v) is 12.3. The lowest BCUT2D eigenvalue weighted by Crippen LogP contribution is -2.33. The Kier molecular flexibility index (Phi) is 5.34. The van der Waals surface area contributed by atoms with Crippen LogP contribution < -0.4 is 10.6 Å². The van der Waals surface area contributed by atoms with Crippen LogP contribution in [-0.2, 0) is 0 Å². The number of rotatable bonds is 4. The van der Waals surface area contributed by atoms with Crippen molar-refractivity contribution in [2.45, 2.75) is 19.3 Å². The van der Waals surface area contributed by atoms with Crippen LogP contribution >= 0.6 is 15.9 Å². The fourth-order valence-corrected chi connectivity index (χ4v) is 2.86. The zero-order chi connectivity index (χ0) is 13.7. The highest BCUT2D eigenvalue weighted by Crippen LogP contribution is 2.18. The molecule has 1 heterocycles. The Morgan fingerprint density at radius 3 is 3.05 bits per heavy atom. The molecule has 2 rings (SSSR count). The second-order valence-corrected chi connectivity index (χ2v) is 5.74. The highest BCUT2D eigenvalue weighted by molar-refractivity contribution is 9.10. The number of hydrogen-bond acceptors (Lipinski definition) is 2. The highest BCUT2D eigenvalue weighted by Gasteiger charge is 2.14. The summed E-state index contributed by atoms with van der Waals surface area (Å²) in [4.78, 5) is 11.9. The molecule has 0 radical (unpaired) electrons. The summed E-state index contributed by atoms with van der Waals surface area (Å²) in [7, 11) is 0. The molecule has 0 aromatic heterocycles. The van der Waals surface area contributed by atoms with Gasteiger partial charge in [0.2, 0.25) is 0 Å². The van der Waals surface area contributed by atoms with Gasteiger partial charge in [0.15, 0.2) is 0 Å². The van der Waals surface area contributed by atoms with Gasteiger partial charge < -0.3 is 10.6 Å². The predicted molar refractivity (Wildman–Crippen MR) is 76.6 cm³/mol. The summed E-state index contributed by atoms with van der Waals surface area (Å²) in [5.74, 6) is 0.137. The summed E-state index contributed by atoms with van der Waals surface area (Å²) in [5.41, 5.74) is 0.475. The molecule has 1 saturated heterocycles. The van der Waals surface area contributed by atoms with E-state index < -0.39 is 0 Å². The standard InChI is InChI=1S/C14H18BrFN2O/c15-13-8-11(16)3-4-12(13)14(19)18-7-5-10-2-1-6-17-9-10/h3-4,8,10,17H,1-2,5-7,9H2,(H,18,19). The van der Waals surface area contributed by atoms with Crippen molar-refractivity contribution in [1.29, 1.82) is 0 Å². The third-order valence-corrected chi connectivity index (χ3v) is 4.07. The normalized spacial score (nSPS) is 19.2. The number of amides is 1. The van der Waals surface area contributed by atoms with Crippen molar-refractivity contribution < 1.29 is 9.18 Å². The Morgan fingerprint density at radius 2 is 2.37 bits per heavy atom. The van der Waals surface area contributed by atoms with E-state index in [-0.39, 0.29) is 11.7 Å². The second kappa shape index (κ2) is 7.01. The molecule has 1 fully saturated rings. The predicted octanol–water partition coefficient (Wildman–Crippen LogP) is 2.71. The maximum atomic E-state index is 12.9. The lowest BCUT2D eigenvalue weighted by atomic mass is 9.96. The monoisotopic (exact) mass is 328 g/mol. The first-order chi connectivity index (χ1) is 9.16. The fraction of sp³-hybridized carbons (Fsp3) is 0.500. The van der Waals surface area contributed by atoms with E-state index in [0.717, 1.165) is 19.5 Å². The molecule has 1 aromatic carbocycles. The van der Waals surface area contributed by atoms with Crippen LogP contribution in [0.15, 0.2) is 22.7 Å². The molecule has 1 aromatic rings. The minimum Gasteiger partial charge on any atom is -0.352 e. The number of hydrogen-bond donors (Lipinski definition) is 2. The molecule has 0 bridgehead atoms. The molecule has 1 aliphatic heterocycles. The molecule has 0 saturated carbocycles. The van der Waals surface area contributed by atoms with E-state index in [1.165, 1.54) is 31.0 Å². The molecule has 1 amide bonds. The van der Waals surface area contributed by atoms with Crippen LogP contribution in [0.1, 0.15) is 29.6 Å². The summed E-state index contributed by atoms with van der Waals surface area (Å²) >= 11 is 3.21. The molecule has 1 aliphatic rings. The molecule has 2 N–H and O–H groups in total. The number of nitrogens with one attached hydrogen (secondary N) is 2. The first-order valence-corrected chi connectivity index (χ1v) is 7.40. The van der Waals surface area contributed by atoms with E-state index >= 15 is 0 Å². The lowest BCUT2D eigenvalue weighted by molar-refractivity contribution is 0.0950. The van der Waals surface area contributed by atoms with E-state index in [1.54, 1.807) is 0 Å². The number of benzene rings is 1. The van der Waals surface area contributed by atoms with Crippen LogP contribution in [0.2, 0.25) is 0 Å². The topological polar surface area (TPSA) is 41.1 Å². The fourth-order valence-electron chi connectivity index (χ4n) is 2.33. The van der Waals surface area contributed by atoms with Crippen LogP contribution in [0.25, 0.3) is 0 Å². The van der Waals surface area contributed by atoms with Crippen molar-refractivity contribution in [3.8, 4) is 0 Å². The first kappa shape index (κ1) is 14.5. The van der Waals surface area contributed by atoms with Gasteiger partial charge in [0.25, 0.3) is 5.91 Å². The summed E-state index contributed by atoms with van der Waals surface area (Å²) in [5, 5.41) is 6.25. The van der Waals surface area contributed by atoms with E-state index in [4.69, 9.17) is 0 Å². The third kappa shape index (κ3) is 4.28. The van der Waals surface area contributed by atoms with Gasteiger partial charge in [0.05, 0.1) is 5.56 Å². The van der Waals surface area contributed by atoms with E-state index in [0.29, 0.717) is 22.5 Å². The minimum absolute atomic E-state index is 0.157. The third-order valence-electron chi connectivity index (χ3n) is 3.41. The van der Waals surface area contributed by atoms with Crippen molar-refractivity contribution in [2.24, 2.45) is 5.92 Å². The van der Waals surface area contributed by atoms with Gasteiger partial charge in [-0.1, -0.05) is 0 Å². The molecular formula is C14H18BrFN2O. The van der Waals surface area contributed by atoms with Crippen LogP contribution in [0.5, 0.6) is 0 Å². The SMILES string of the molecule is O=C(NCCC1CCCNC1)c1ccc(F)cc1Br. The van der Waals surface area contributed by atoms with Crippen molar-refractivity contribution in [3.63, 3.8) is 0 Å². The van der Waals surface area contributed by atoms with Gasteiger partial charge in [-0.05, 0) is 72.4 Å². The number of carbonyl (C=O) groups excluding carboxylic acids is 1. The Hall–Kier alpha value is -0.940. The Morgan fingerprint density at radius 1 is 1.53 bits per heavy atom. The molecule has 104 valence electrons. The van der Waals surface area contributed by atoms with Crippen LogP contribution in [0.4, 0.5) is 4.39 Å². The average molecular weight is 329 g/mol. The van der Waals surface area contributed by atoms with Gasteiger partial charge >= 0.3 is 0 Å². The largest absolute Gasteiger partial charge is 0.352 e. The Balaban J connectivity index is 1.80. The molecule has 1 unspecified atom stereocenters. The first-order valence-electron chi connectivity index (χ1n) is 6.61. The van der Waals surface area contributed by atoms with Crippen LogP contribution in [-0.4, -0.2) is 25.5 Å². The zero-order valence-electron chi connectivity index (χ0n) is 10.7. The van der Waals surface area contributed by atoms with Crippen molar-refractivity contribution in [1.82, 2.24) is 10.6 Å². The number of carbonyl (C=O) groups is 1. The van der Waals surface area contributed by atoms with E-state index in [2.05, 4.69) is 26.6 Å². The lowest BCUT2D eigenvalue weighted by Gasteiger charge is -2.22. The number of halogens is 2. The summed E-state index contributed by atoms with van der Waals surface area (Å²) < 4.78 is 13.4. The molecule has 5 heteroatoms. The quantitative estimate of drug-likeness (QED) is 0.892. The van der Waals surface area contributed by atoms with Gasteiger partial charge in [0.1, 0.15) is 5.82 Å². The molecule has 0 spiro atoms. The van der Waals surface area contributed by atoms with Gasteiger partial charge in [-0.25, -0.2) is 4.39 Å². The highest BCUT2D eigenvalue weighted by atomic mass is 79.9. The Labute approximate surface area is 121 Å². The average Bonchev–Trinajstić information content (AvgIpc) is 2.39. The van der Waals surface area contributed by atoms with Crippen molar-refractivity contribution in [3.05, 3.63) is 34.1 Å². The molecular weight excluding hydrogens is 311 g/mol. The van der Waals surface area contributed by atoms with Crippen LogP contribution in [0.3, 0.4) is 0 Å². The molecule has 3 nitrogen and oxygen atoms in total. The van der Waals surface area contributed by atoms with E-state index in [9.17, 15) is 9.18 Å². The van der Waals surface area contributed by atoms with Gasteiger partial charge in [0, 0.05) is 11.0 Å². The van der Waals surface area contributed by atoms with E-state index in [1.807, 2.05) is 0 Å². The Bertz CT molecular complexity index is 447. The minimum atomic E-state index is -0.350. The van der Waals surface area contributed by atoms with Crippen molar-refractivity contribution >= 4 is 21.8 Å². The maximum absolute atomic E-state index is 12.9. The second-order valence-electron chi connectivity index (χ2n) is 4.88. The van der Waals surface area contributed by atoms with Crippen molar-refractivity contribution in [2.75, 3.05) is 19.6 Å². The van der Waals surface area contributed by atoms with Crippen LogP contribution in [0, 0.1) is 11.7 Å². The smallest absolute Gasteiger partial charge is 0.252 e. The maximum Gasteiger partial charge on any atom is 0.252 e.